The van der Waals surface area contributed by atoms with Gasteiger partial charge in [-0.1, -0.05) is 222 Å². The Labute approximate surface area is 446 Å². The summed E-state index contributed by atoms with van der Waals surface area (Å²) >= 11 is 0. The molecular weight excluding hydrogens is 917 g/mol. The molecule has 12 aromatic carbocycles. The lowest BCUT2D eigenvalue weighted by atomic mass is 9.74. The smallest absolute Gasteiger partial charge is 0.0543 e. The fraction of sp³-hybridized carbons (Fsp3) is 0.0811. The van der Waals surface area contributed by atoms with Crippen molar-refractivity contribution >= 4 is 55.7 Å². The Morgan fingerprint density at radius 3 is 0.987 bits per heavy atom. The van der Waals surface area contributed by atoms with Crippen LogP contribution in [-0.4, -0.2) is 0 Å². The van der Waals surface area contributed by atoms with E-state index in [9.17, 15) is 0 Å². The zero-order valence-electron chi connectivity index (χ0n) is 43.3. The summed E-state index contributed by atoms with van der Waals surface area (Å²) < 4.78 is 0. The molecule has 0 bridgehead atoms. The molecule has 2 nitrogen and oxygen atoms in total. The van der Waals surface area contributed by atoms with E-state index in [2.05, 4.69) is 304 Å². The third-order valence-electron chi connectivity index (χ3n) is 16.5. The molecule has 2 aliphatic carbocycles. The number of hydrogen-bond acceptors (Lipinski definition) is 2. The normalized spacial score (nSPS) is 13.5. The van der Waals surface area contributed by atoms with E-state index in [1.807, 2.05) is 0 Å². The summed E-state index contributed by atoms with van der Waals surface area (Å²) in [5, 5.41) is 4.87. The van der Waals surface area contributed by atoms with Crippen LogP contribution < -0.4 is 9.80 Å². The maximum absolute atomic E-state index is 2.49. The summed E-state index contributed by atoms with van der Waals surface area (Å²) in [6, 6.07) is 99.0. The van der Waals surface area contributed by atoms with Crippen LogP contribution in [0.15, 0.2) is 267 Å². The highest BCUT2D eigenvalue weighted by atomic mass is 15.2. The van der Waals surface area contributed by atoms with E-state index in [1.165, 1.54) is 99.4 Å². The average molecular weight is 973 g/mol. The van der Waals surface area contributed by atoms with Crippen LogP contribution in [0.3, 0.4) is 0 Å². The standard InChI is InChI=1S/C74H56N2/c1-73(2)65-47-55(49-21-9-5-10-22-49)35-39-63(65)69-67(75(57-29-13-7-14-30-57)59-37-33-51-25-17-19-27-53(51)45-59)43-41-61(71(69)73)62-42-44-68(76(58-31-15-8-16-32-58)60-38-34-52-26-18-20-28-54(52)46-60)70-64-40-36-56(50-23-11-6-12-24-50)48-66(64)74(3,4)72(62)70/h5-48H,1-4H3. The highest BCUT2D eigenvalue weighted by Crippen LogP contribution is 2.62. The molecule has 0 radical (unpaired) electrons. The molecule has 14 rings (SSSR count). The number of anilines is 6. The molecule has 0 aliphatic heterocycles. The summed E-state index contributed by atoms with van der Waals surface area (Å²) in [6.07, 6.45) is 0. The highest BCUT2D eigenvalue weighted by molar-refractivity contribution is 6.05. The van der Waals surface area contributed by atoms with Crippen LogP contribution in [0.4, 0.5) is 34.1 Å². The van der Waals surface area contributed by atoms with Crippen molar-refractivity contribution in [2.75, 3.05) is 9.80 Å². The van der Waals surface area contributed by atoms with E-state index < -0.39 is 10.8 Å². The second kappa shape index (κ2) is 17.7. The maximum atomic E-state index is 2.49. The third kappa shape index (κ3) is 7.23. The van der Waals surface area contributed by atoms with Gasteiger partial charge in [-0.15, -0.1) is 0 Å². The van der Waals surface area contributed by atoms with Crippen LogP contribution in [0.1, 0.15) is 49.9 Å². The van der Waals surface area contributed by atoms with Gasteiger partial charge in [0.15, 0.2) is 0 Å². The molecular formula is C74H56N2. The lowest BCUT2D eigenvalue weighted by Crippen LogP contribution is -2.20. The summed E-state index contributed by atoms with van der Waals surface area (Å²) in [6.45, 7) is 9.83. The first-order valence-electron chi connectivity index (χ1n) is 26.7. The van der Waals surface area contributed by atoms with E-state index in [1.54, 1.807) is 0 Å². The van der Waals surface area contributed by atoms with E-state index >= 15 is 0 Å². The zero-order valence-corrected chi connectivity index (χ0v) is 43.3. The SMILES string of the molecule is CC1(C)c2cc(-c3ccccc3)ccc2-c2c(N(c3ccccc3)c3ccc4ccccc4c3)ccc(-c3ccc(N(c4ccccc4)c4ccc5ccccc5c4)c4c3C(C)(C)c3cc(-c5ccccc5)ccc3-4)c21. The minimum Gasteiger partial charge on any atom is -0.310 e. The predicted octanol–water partition coefficient (Wildman–Crippen LogP) is 20.5. The molecule has 2 aliphatic rings. The molecule has 0 unspecified atom stereocenters. The second-order valence-electron chi connectivity index (χ2n) is 21.7. The van der Waals surface area contributed by atoms with E-state index in [-0.39, 0.29) is 0 Å². The van der Waals surface area contributed by atoms with Crippen LogP contribution in [-0.2, 0) is 10.8 Å². The van der Waals surface area contributed by atoms with Crippen molar-refractivity contribution in [1.82, 2.24) is 0 Å². The Morgan fingerprint density at radius 2 is 0.592 bits per heavy atom. The number of fused-ring (bicyclic) bond motifs is 8. The monoisotopic (exact) mass is 972 g/mol. The molecule has 0 saturated carbocycles. The molecule has 2 heteroatoms. The Balaban J connectivity index is 1.06. The van der Waals surface area contributed by atoms with Gasteiger partial charge in [-0.2, -0.15) is 0 Å². The fourth-order valence-corrected chi connectivity index (χ4v) is 12.9. The van der Waals surface area contributed by atoms with Crippen molar-refractivity contribution in [2.45, 2.75) is 38.5 Å². The van der Waals surface area contributed by atoms with Crippen molar-refractivity contribution in [2.24, 2.45) is 0 Å². The first-order valence-corrected chi connectivity index (χ1v) is 26.7. The minimum absolute atomic E-state index is 0.394. The van der Waals surface area contributed by atoms with Gasteiger partial charge in [-0.25, -0.2) is 0 Å². The molecule has 0 heterocycles. The van der Waals surface area contributed by atoms with Crippen LogP contribution >= 0.6 is 0 Å². The molecule has 362 valence electrons. The molecule has 12 aromatic rings. The van der Waals surface area contributed by atoms with Crippen molar-refractivity contribution in [1.29, 1.82) is 0 Å². The van der Waals surface area contributed by atoms with Crippen molar-refractivity contribution in [3.05, 3.63) is 289 Å². The average Bonchev–Trinajstić information content (AvgIpc) is 3.98. The Kier molecular flexibility index (Phi) is 10.6. The van der Waals surface area contributed by atoms with Gasteiger partial charge in [0, 0.05) is 44.7 Å². The number of para-hydroxylation sites is 2. The fourth-order valence-electron chi connectivity index (χ4n) is 12.9. The molecule has 0 N–H and O–H groups in total. The molecule has 0 amide bonds. The first-order chi connectivity index (χ1) is 37.2. The van der Waals surface area contributed by atoms with Gasteiger partial charge < -0.3 is 9.80 Å². The molecule has 76 heavy (non-hydrogen) atoms. The largest absolute Gasteiger partial charge is 0.310 e. The number of benzene rings is 12. The Morgan fingerprint density at radius 1 is 0.250 bits per heavy atom. The van der Waals surface area contributed by atoms with Gasteiger partial charge in [-0.3, -0.25) is 0 Å². The minimum atomic E-state index is -0.394. The van der Waals surface area contributed by atoms with Gasteiger partial charge in [0.05, 0.1) is 11.4 Å². The third-order valence-corrected chi connectivity index (χ3v) is 16.5. The highest BCUT2D eigenvalue weighted by Gasteiger charge is 2.45. The summed E-state index contributed by atoms with van der Waals surface area (Å²) in [5.41, 5.74) is 23.9. The lowest BCUT2D eigenvalue weighted by molar-refractivity contribution is 0.655. The topological polar surface area (TPSA) is 6.48 Å². The molecule has 0 saturated heterocycles. The van der Waals surface area contributed by atoms with Crippen molar-refractivity contribution < 1.29 is 0 Å². The quantitative estimate of drug-likeness (QED) is 0.142. The van der Waals surface area contributed by atoms with Crippen LogP contribution in [0.5, 0.6) is 0 Å². The van der Waals surface area contributed by atoms with Gasteiger partial charge in [0.25, 0.3) is 0 Å². The van der Waals surface area contributed by atoms with Crippen LogP contribution in [0.25, 0.3) is 77.2 Å². The Hall–Kier alpha value is -9.24. The predicted molar refractivity (Wildman–Crippen MR) is 322 cm³/mol. The van der Waals surface area contributed by atoms with Crippen LogP contribution in [0, 0.1) is 0 Å². The van der Waals surface area contributed by atoms with Gasteiger partial charge >= 0.3 is 0 Å². The van der Waals surface area contributed by atoms with Crippen molar-refractivity contribution in [3.8, 4) is 55.6 Å². The molecule has 0 atom stereocenters. The summed E-state index contributed by atoms with van der Waals surface area (Å²) in [4.78, 5) is 4.98. The Bertz CT molecular complexity index is 3940. The lowest BCUT2D eigenvalue weighted by Gasteiger charge is -2.33. The van der Waals surface area contributed by atoms with Gasteiger partial charge in [0.1, 0.15) is 0 Å². The number of hydrogen-bond donors (Lipinski definition) is 0. The van der Waals surface area contributed by atoms with Crippen LogP contribution in [0.2, 0.25) is 0 Å². The van der Waals surface area contributed by atoms with E-state index in [4.69, 9.17) is 0 Å². The van der Waals surface area contributed by atoms with Gasteiger partial charge in [0.2, 0.25) is 0 Å². The molecule has 0 aromatic heterocycles. The van der Waals surface area contributed by atoms with Crippen molar-refractivity contribution in [3.63, 3.8) is 0 Å². The summed E-state index contributed by atoms with van der Waals surface area (Å²) in [7, 11) is 0. The first kappa shape index (κ1) is 45.4. The molecule has 0 spiro atoms. The maximum Gasteiger partial charge on any atom is 0.0543 e. The van der Waals surface area contributed by atoms with E-state index in [0.717, 1.165) is 34.1 Å². The summed E-state index contributed by atoms with van der Waals surface area (Å²) in [5.74, 6) is 0. The number of rotatable bonds is 9. The van der Waals surface area contributed by atoms with Gasteiger partial charge in [-0.05, 0) is 161 Å². The zero-order chi connectivity index (χ0) is 51.1. The second-order valence-corrected chi connectivity index (χ2v) is 21.7. The number of nitrogens with zero attached hydrogens (tertiary/aromatic N) is 2. The van der Waals surface area contributed by atoms with E-state index in [0.29, 0.717) is 0 Å². The molecule has 0 fully saturated rings.